The van der Waals surface area contributed by atoms with E-state index in [9.17, 15) is 9.59 Å². The molecule has 2 rings (SSSR count). The average Bonchev–Trinajstić information content (AvgIpc) is 2.69. The van der Waals surface area contributed by atoms with E-state index in [1.54, 1.807) is 6.92 Å². The van der Waals surface area contributed by atoms with Gasteiger partial charge in [0.25, 0.3) is 0 Å². The molecule has 0 aromatic heterocycles. The van der Waals surface area contributed by atoms with E-state index in [4.69, 9.17) is 0 Å². The molecule has 0 unspecified atom stereocenters. The van der Waals surface area contributed by atoms with Crippen molar-refractivity contribution in [2.45, 2.75) is 141 Å². The third-order valence-electron chi connectivity index (χ3n) is 9.57. The normalized spacial score (nSPS) is 25.1. The van der Waals surface area contributed by atoms with E-state index >= 15 is 0 Å². The molecule has 2 saturated heterocycles. The number of hydrogen-bond acceptors (Lipinski definition) is 5. The smallest absolute Gasteiger partial charge is 0.222 e. The fourth-order valence-corrected chi connectivity index (χ4v) is 6.76. The van der Waals surface area contributed by atoms with Gasteiger partial charge >= 0.3 is 0 Å². The van der Waals surface area contributed by atoms with Crippen LogP contribution in [0.3, 0.4) is 0 Å². The van der Waals surface area contributed by atoms with Crippen molar-refractivity contribution in [2.24, 2.45) is 0 Å². The number of piperidine rings is 2. The Labute approximate surface area is 216 Å². The third-order valence-corrected chi connectivity index (χ3v) is 9.57. The Hall–Kier alpha value is -0.980. The summed E-state index contributed by atoms with van der Waals surface area (Å²) in [7, 11) is 6.71. The maximum atomic E-state index is 13.5. The predicted octanol–water partition coefficient (Wildman–Crippen LogP) is 4.81. The van der Waals surface area contributed by atoms with Crippen molar-refractivity contribution in [1.82, 2.24) is 19.6 Å². The number of likely N-dealkylation sites (N-methyl/N-ethyl adjacent to an activating group) is 1. The quantitative estimate of drug-likeness (QED) is 0.462. The SMILES string of the molecule is CC(=O)CCCC(=O)N(CCN(C)C1CC(C)(C)N(C)C(C)(C)C1)C1CC(C)(C)N(C)C(C)(C)C1. The van der Waals surface area contributed by atoms with Crippen molar-refractivity contribution in [3.63, 3.8) is 0 Å². The van der Waals surface area contributed by atoms with Crippen LogP contribution in [0, 0.1) is 0 Å². The van der Waals surface area contributed by atoms with Gasteiger partial charge in [-0.1, -0.05) is 0 Å². The minimum Gasteiger partial charge on any atom is -0.338 e. The van der Waals surface area contributed by atoms with Crippen LogP contribution >= 0.6 is 0 Å². The molecule has 6 nitrogen and oxygen atoms in total. The second kappa shape index (κ2) is 10.8. The van der Waals surface area contributed by atoms with Crippen LogP contribution < -0.4 is 0 Å². The molecule has 0 atom stereocenters. The first-order valence-electron chi connectivity index (χ1n) is 13.8. The first kappa shape index (κ1) is 30.2. The second-order valence-corrected chi connectivity index (χ2v) is 14.1. The summed E-state index contributed by atoms with van der Waals surface area (Å²) in [4.78, 5) is 34.7. The van der Waals surface area contributed by atoms with Crippen LogP contribution in [0.5, 0.6) is 0 Å². The Bertz CT molecular complexity index is 722. The fraction of sp³-hybridized carbons (Fsp3) is 0.931. The first-order chi connectivity index (χ1) is 15.8. The van der Waals surface area contributed by atoms with Gasteiger partial charge in [0.1, 0.15) is 5.78 Å². The van der Waals surface area contributed by atoms with Crippen molar-refractivity contribution in [3.8, 4) is 0 Å². The lowest BCUT2D eigenvalue weighted by atomic mass is 9.76. The van der Waals surface area contributed by atoms with E-state index in [2.05, 4.69) is 96.1 Å². The minimum atomic E-state index is 0.0260. The van der Waals surface area contributed by atoms with Crippen molar-refractivity contribution in [1.29, 1.82) is 0 Å². The van der Waals surface area contributed by atoms with Crippen LogP contribution in [0.1, 0.15) is 107 Å². The summed E-state index contributed by atoms with van der Waals surface area (Å²) < 4.78 is 0. The first-order valence-corrected chi connectivity index (χ1v) is 13.8. The van der Waals surface area contributed by atoms with Crippen molar-refractivity contribution < 1.29 is 9.59 Å². The van der Waals surface area contributed by atoms with Gasteiger partial charge in [0.15, 0.2) is 0 Å². The molecule has 2 aliphatic rings. The summed E-state index contributed by atoms with van der Waals surface area (Å²) in [5.74, 6) is 0.378. The standard InChI is InChI=1S/C29H56N4O2/c1-22(34)14-13-15-25(35)33(24-20-28(6,7)32(12)29(8,9)21-24)17-16-30(10)23-18-26(2,3)31(11)27(4,5)19-23/h23-24H,13-21H2,1-12H3. The van der Waals surface area contributed by atoms with Crippen LogP contribution in [0.25, 0.3) is 0 Å². The van der Waals surface area contributed by atoms with Gasteiger partial charge in [0.2, 0.25) is 5.91 Å². The molecule has 0 aliphatic carbocycles. The molecule has 2 fully saturated rings. The van der Waals surface area contributed by atoms with E-state index in [-0.39, 0.29) is 39.9 Å². The summed E-state index contributed by atoms with van der Waals surface area (Å²) >= 11 is 0. The van der Waals surface area contributed by atoms with Crippen molar-refractivity contribution in [2.75, 3.05) is 34.2 Å². The van der Waals surface area contributed by atoms with Crippen LogP contribution in [-0.4, -0.2) is 99.8 Å². The zero-order valence-corrected chi connectivity index (χ0v) is 25.1. The summed E-state index contributed by atoms with van der Waals surface area (Å²) in [5, 5.41) is 0. The highest BCUT2D eigenvalue weighted by Crippen LogP contribution is 2.40. The van der Waals surface area contributed by atoms with Gasteiger partial charge in [-0.25, -0.2) is 0 Å². The number of carbonyl (C=O) groups excluding carboxylic acids is 2. The topological polar surface area (TPSA) is 47.1 Å². The van der Waals surface area contributed by atoms with Gasteiger partial charge in [-0.3, -0.25) is 14.6 Å². The molecular weight excluding hydrogens is 436 g/mol. The monoisotopic (exact) mass is 492 g/mol. The number of nitrogens with zero attached hydrogens (tertiary/aromatic N) is 4. The zero-order valence-electron chi connectivity index (χ0n) is 25.1. The molecule has 1 amide bonds. The molecule has 0 radical (unpaired) electrons. The molecule has 0 aromatic carbocycles. The van der Waals surface area contributed by atoms with Crippen molar-refractivity contribution >= 4 is 11.7 Å². The van der Waals surface area contributed by atoms with Gasteiger partial charge in [0.05, 0.1) is 0 Å². The van der Waals surface area contributed by atoms with Crippen LogP contribution in [0.15, 0.2) is 0 Å². The molecule has 2 aliphatic heterocycles. The van der Waals surface area contributed by atoms with Gasteiger partial charge in [-0.05, 0) is 116 Å². The molecule has 2 heterocycles. The fourth-order valence-electron chi connectivity index (χ4n) is 6.76. The lowest BCUT2D eigenvalue weighted by Crippen LogP contribution is -2.64. The summed E-state index contributed by atoms with van der Waals surface area (Å²) in [6, 6.07) is 0.719. The third kappa shape index (κ3) is 7.29. The Morgan fingerprint density at radius 2 is 1.11 bits per heavy atom. The highest BCUT2D eigenvalue weighted by atomic mass is 16.2. The number of carbonyl (C=O) groups is 2. The van der Waals surface area contributed by atoms with E-state index in [1.165, 1.54) is 0 Å². The van der Waals surface area contributed by atoms with Gasteiger partial charge in [-0.2, -0.15) is 0 Å². The average molecular weight is 493 g/mol. The number of rotatable bonds is 9. The molecule has 0 N–H and O–H groups in total. The summed E-state index contributed by atoms with van der Waals surface area (Å²) in [6.45, 7) is 21.8. The highest BCUT2D eigenvalue weighted by Gasteiger charge is 2.46. The zero-order chi connectivity index (χ0) is 27.0. The lowest BCUT2D eigenvalue weighted by Gasteiger charge is -2.56. The highest BCUT2D eigenvalue weighted by molar-refractivity contribution is 5.79. The molecular formula is C29H56N4O2. The Morgan fingerprint density at radius 3 is 1.51 bits per heavy atom. The number of Topliss-reactive ketones (excluding diaryl/α,β-unsaturated/α-hetero) is 1. The van der Waals surface area contributed by atoms with Crippen LogP contribution in [0.2, 0.25) is 0 Å². The summed E-state index contributed by atoms with van der Waals surface area (Å²) in [6.07, 6.45) is 5.81. The minimum absolute atomic E-state index is 0.0260. The van der Waals surface area contributed by atoms with E-state index in [0.717, 1.165) is 38.8 Å². The van der Waals surface area contributed by atoms with Crippen LogP contribution in [-0.2, 0) is 9.59 Å². The molecule has 35 heavy (non-hydrogen) atoms. The number of amides is 1. The van der Waals surface area contributed by atoms with Crippen molar-refractivity contribution in [3.05, 3.63) is 0 Å². The molecule has 0 aromatic rings. The predicted molar refractivity (Wildman–Crippen MR) is 147 cm³/mol. The largest absolute Gasteiger partial charge is 0.338 e. The van der Waals surface area contributed by atoms with Crippen LogP contribution in [0.4, 0.5) is 0 Å². The number of hydrogen-bond donors (Lipinski definition) is 0. The van der Waals surface area contributed by atoms with E-state index in [0.29, 0.717) is 25.3 Å². The number of ketones is 1. The van der Waals surface area contributed by atoms with Gasteiger partial charge < -0.3 is 14.6 Å². The molecule has 0 saturated carbocycles. The van der Waals surface area contributed by atoms with Gasteiger partial charge in [-0.15, -0.1) is 0 Å². The maximum absolute atomic E-state index is 13.5. The molecule has 0 bridgehead atoms. The van der Waals surface area contributed by atoms with E-state index < -0.39 is 0 Å². The Balaban J connectivity index is 2.18. The molecule has 204 valence electrons. The molecule has 0 spiro atoms. The maximum Gasteiger partial charge on any atom is 0.222 e. The lowest BCUT2D eigenvalue weighted by molar-refractivity contribution is -0.139. The Morgan fingerprint density at radius 1 is 0.714 bits per heavy atom. The summed E-state index contributed by atoms with van der Waals surface area (Å²) in [5.41, 5.74) is 0.340. The second-order valence-electron chi connectivity index (χ2n) is 14.1. The Kier molecular flexibility index (Phi) is 9.32. The number of likely N-dealkylation sites (tertiary alicyclic amines) is 2. The van der Waals surface area contributed by atoms with Gasteiger partial charge in [0, 0.05) is 60.2 Å². The van der Waals surface area contributed by atoms with E-state index in [1.807, 2.05) is 0 Å². The molecule has 6 heteroatoms.